The number of hydrogen-bond donors (Lipinski definition) is 0. The number of nitrogens with zero attached hydrogens (tertiary/aromatic N) is 1. The van der Waals surface area contributed by atoms with Crippen LogP contribution in [0.25, 0.3) is 0 Å². The minimum absolute atomic E-state index is 0.0972. The van der Waals surface area contributed by atoms with Crippen LogP contribution in [0.15, 0.2) is 29.2 Å². The van der Waals surface area contributed by atoms with Gasteiger partial charge in [-0.1, -0.05) is 17.7 Å². The Morgan fingerprint density at radius 3 is 2.09 bits per heavy atom. The van der Waals surface area contributed by atoms with Crippen molar-refractivity contribution >= 4 is 21.9 Å². The molecule has 1 aromatic carbocycles. The van der Waals surface area contributed by atoms with E-state index in [9.17, 15) is 18.0 Å². The molecule has 23 heavy (non-hydrogen) atoms. The van der Waals surface area contributed by atoms with Gasteiger partial charge in [-0.25, -0.2) is 0 Å². The summed E-state index contributed by atoms with van der Waals surface area (Å²) in [6.45, 7) is 1.82. The Morgan fingerprint density at radius 2 is 1.57 bits per heavy atom. The molecule has 2 amide bonds. The van der Waals surface area contributed by atoms with Crippen LogP contribution in [0, 0.1) is 18.8 Å². The van der Waals surface area contributed by atoms with E-state index in [0.29, 0.717) is 17.9 Å². The van der Waals surface area contributed by atoms with Crippen molar-refractivity contribution in [3.8, 4) is 0 Å². The Hall–Kier alpha value is -1.77. The second-order valence-corrected chi connectivity index (χ2v) is 7.68. The fraction of sp³-hybridized carbons (Fsp3) is 0.467. The molecular formula is C15H15NO6S. The van der Waals surface area contributed by atoms with Gasteiger partial charge in [-0.2, -0.15) is 8.42 Å². The fourth-order valence-electron chi connectivity index (χ4n) is 3.60. The summed E-state index contributed by atoms with van der Waals surface area (Å²) in [7, 11) is -4.23. The highest BCUT2D eigenvalue weighted by Gasteiger charge is 2.63. The summed E-state index contributed by atoms with van der Waals surface area (Å²) in [5.74, 6) is -2.48. The van der Waals surface area contributed by atoms with Crippen LogP contribution in [0.2, 0.25) is 0 Å². The molecule has 3 aliphatic rings. The third-order valence-corrected chi connectivity index (χ3v) is 5.92. The van der Waals surface area contributed by atoms with E-state index in [-0.39, 0.29) is 17.1 Å². The van der Waals surface area contributed by atoms with Crippen molar-refractivity contribution in [1.29, 1.82) is 0 Å². The van der Waals surface area contributed by atoms with E-state index in [1.54, 1.807) is 12.1 Å². The van der Waals surface area contributed by atoms with Gasteiger partial charge < -0.3 is 4.74 Å². The van der Waals surface area contributed by atoms with Gasteiger partial charge in [0, 0.05) is 0 Å². The van der Waals surface area contributed by atoms with Crippen LogP contribution in [0.3, 0.4) is 0 Å². The highest BCUT2D eigenvalue weighted by Crippen LogP contribution is 2.48. The van der Waals surface area contributed by atoms with Gasteiger partial charge in [0.05, 0.1) is 28.9 Å². The molecule has 0 radical (unpaired) electrons. The molecule has 4 atom stereocenters. The lowest BCUT2D eigenvalue weighted by atomic mass is 9.81. The number of rotatable bonds is 3. The molecule has 0 unspecified atom stereocenters. The first-order chi connectivity index (χ1) is 10.9. The van der Waals surface area contributed by atoms with E-state index >= 15 is 0 Å². The van der Waals surface area contributed by atoms with Crippen molar-refractivity contribution < 1.29 is 27.0 Å². The molecule has 122 valence electrons. The van der Waals surface area contributed by atoms with Crippen molar-refractivity contribution in [3.63, 3.8) is 0 Å². The molecule has 0 saturated carbocycles. The first-order valence-electron chi connectivity index (χ1n) is 7.43. The lowest BCUT2D eigenvalue weighted by Gasteiger charge is -2.16. The maximum atomic E-state index is 12.4. The zero-order valence-corrected chi connectivity index (χ0v) is 13.2. The third-order valence-electron chi connectivity index (χ3n) is 4.73. The molecule has 0 aromatic heterocycles. The number of imide groups is 1. The van der Waals surface area contributed by atoms with Gasteiger partial charge in [-0.05, 0) is 31.9 Å². The summed E-state index contributed by atoms with van der Waals surface area (Å²) >= 11 is 0. The smallest absolute Gasteiger partial charge is 0.318 e. The second-order valence-electron chi connectivity index (χ2n) is 6.15. The first kappa shape index (κ1) is 14.8. The SMILES string of the molecule is Cc1ccc(S(=O)(=O)ON2C(=O)[C@@H]3[C@H](C2=O)[C@@H]2CC[C@H]3O2)cc1. The Balaban J connectivity index is 1.61. The minimum Gasteiger partial charge on any atom is -0.373 e. The molecule has 3 aliphatic heterocycles. The molecule has 3 saturated heterocycles. The number of benzene rings is 1. The van der Waals surface area contributed by atoms with Crippen LogP contribution in [-0.4, -0.2) is 37.5 Å². The normalized spacial score (nSPS) is 32.7. The van der Waals surface area contributed by atoms with Crippen LogP contribution in [0.5, 0.6) is 0 Å². The summed E-state index contributed by atoms with van der Waals surface area (Å²) in [4.78, 5) is 24.7. The number of carbonyl (C=O) groups excluding carboxylic acids is 2. The lowest BCUT2D eigenvalue weighted by Crippen LogP contribution is -2.36. The van der Waals surface area contributed by atoms with E-state index in [1.807, 2.05) is 6.92 Å². The van der Waals surface area contributed by atoms with Crippen molar-refractivity contribution in [2.75, 3.05) is 0 Å². The summed E-state index contributed by atoms with van der Waals surface area (Å²) in [6.07, 6.45) is 0.807. The summed E-state index contributed by atoms with van der Waals surface area (Å²) in [6, 6.07) is 5.99. The number of aryl methyl sites for hydroxylation is 1. The molecule has 0 spiro atoms. The van der Waals surface area contributed by atoms with Crippen molar-refractivity contribution in [1.82, 2.24) is 5.06 Å². The maximum Gasteiger partial charge on any atom is 0.318 e. The highest BCUT2D eigenvalue weighted by molar-refractivity contribution is 7.86. The van der Waals surface area contributed by atoms with Crippen LogP contribution in [0.1, 0.15) is 18.4 Å². The number of fused-ring (bicyclic) bond motifs is 5. The Labute approximate surface area is 133 Å². The van der Waals surface area contributed by atoms with Gasteiger partial charge in [-0.15, -0.1) is 9.35 Å². The largest absolute Gasteiger partial charge is 0.373 e. The number of ether oxygens (including phenoxy) is 1. The molecule has 2 bridgehead atoms. The average Bonchev–Trinajstić information content (AvgIpc) is 3.17. The summed E-state index contributed by atoms with van der Waals surface area (Å²) < 4.78 is 35.0. The highest BCUT2D eigenvalue weighted by atomic mass is 32.2. The molecule has 4 rings (SSSR count). The van der Waals surface area contributed by atoms with Gasteiger partial charge >= 0.3 is 10.1 Å². The molecular weight excluding hydrogens is 322 g/mol. The average molecular weight is 337 g/mol. The maximum absolute atomic E-state index is 12.4. The van der Waals surface area contributed by atoms with E-state index in [0.717, 1.165) is 5.56 Å². The monoisotopic (exact) mass is 337 g/mol. The Kier molecular flexibility index (Phi) is 3.13. The standard InChI is InChI=1S/C15H15NO6S/c1-8-2-4-9(5-3-8)23(19,20)22-16-14(17)12-10-6-7-11(21-10)13(12)15(16)18/h2-5,10-13H,6-7H2,1H3/t10-,11+,12+,13-. The van der Waals surface area contributed by atoms with Crippen molar-refractivity contribution in [3.05, 3.63) is 29.8 Å². The molecule has 3 heterocycles. The van der Waals surface area contributed by atoms with Crippen LogP contribution < -0.4 is 0 Å². The molecule has 1 aromatic rings. The number of carbonyl (C=O) groups is 2. The van der Waals surface area contributed by atoms with Crippen LogP contribution in [-0.2, 0) is 28.7 Å². The number of hydroxylamine groups is 2. The molecule has 8 heteroatoms. The quantitative estimate of drug-likeness (QED) is 0.757. The van der Waals surface area contributed by atoms with Crippen LogP contribution >= 0.6 is 0 Å². The van der Waals surface area contributed by atoms with E-state index in [4.69, 9.17) is 9.02 Å². The van der Waals surface area contributed by atoms with Crippen LogP contribution in [0.4, 0.5) is 0 Å². The van der Waals surface area contributed by atoms with Crippen molar-refractivity contribution in [2.24, 2.45) is 11.8 Å². The van der Waals surface area contributed by atoms with Crippen molar-refractivity contribution in [2.45, 2.75) is 36.9 Å². The van der Waals surface area contributed by atoms with Gasteiger partial charge in [-0.3, -0.25) is 9.59 Å². The third kappa shape index (κ3) is 2.13. The molecule has 7 nitrogen and oxygen atoms in total. The predicted octanol–water partition coefficient (Wildman–Crippen LogP) is 0.778. The van der Waals surface area contributed by atoms with E-state index in [2.05, 4.69) is 0 Å². The Morgan fingerprint density at radius 1 is 1.04 bits per heavy atom. The number of hydrogen-bond acceptors (Lipinski definition) is 6. The summed E-state index contributed by atoms with van der Waals surface area (Å²) in [5, 5.41) is 0.415. The second kappa shape index (κ2) is 4.86. The van der Waals surface area contributed by atoms with Gasteiger partial charge in [0.15, 0.2) is 0 Å². The first-order valence-corrected chi connectivity index (χ1v) is 8.84. The zero-order valence-electron chi connectivity index (χ0n) is 12.3. The van der Waals surface area contributed by atoms with E-state index in [1.165, 1.54) is 12.1 Å². The number of amides is 2. The van der Waals surface area contributed by atoms with E-state index < -0.39 is 33.8 Å². The Bertz CT molecular complexity index is 759. The summed E-state index contributed by atoms with van der Waals surface area (Å²) in [5.41, 5.74) is 0.889. The zero-order chi connectivity index (χ0) is 16.4. The van der Waals surface area contributed by atoms with Gasteiger partial charge in [0.2, 0.25) is 0 Å². The topological polar surface area (TPSA) is 90.0 Å². The van der Waals surface area contributed by atoms with Gasteiger partial charge in [0.1, 0.15) is 0 Å². The molecule has 0 aliphatic carbocycles. The lowest BCUT2D eigenvalue weighted by molar-refractivity contribution is -0.168. The fourth-order valence-corrected chi connectivity index (χ4v) is 4.50. The minimum atomic E-state index is -4.23. The molecule has 3 fully saturated rings. The molecule has 0 N–H and O–H groups in total. The van der Waals surface area contributed by atoms with Gasteiger partial charge in [0.25, 0.3) is 11.8 Å². The predicted molar refractivity (Wildman–Crippen MR) is 76.2 cm³/mol.